The molecule has 0 N–H and O–H groups in total. The van der Waals surface area contributed by atoms with Gasteiger partial charge < -0.3 is 0 Å². The molecule has 7 aromatic carbocycles. The lowest BCUT2D eigenvalue weighted by atomic mass is 9.88. The Morgan fingerprint density at radius 3 is 1.42 bits per heavy atom. The molecule has 0 spiro atoms. The smallest absolute Gasteiger partial charge is 0.116 e. The lowest BCUT2D eigenvalue weighted by molar-refractivity contribution is 1.27. The fourth-order valence-electron chi connectivity index (χ4n) is 5.97. The molecule has 178 valence electrons. The molecule has 8 rings (SSSR count). The first-order valence-electron chi connectivity index (χ1n) is 12.5. The summed E-state index contributed by atoms with van der Waals surface area (Å²) in [4.78, 5) is 9.62. The molecular formula is C34H18Cl2N2. The molecule has 0 fully saturated rings. The Balaban J connectivity index is 1.54. The maximum atomic E-state index is 6.58. The van der Waals surface area contributed by atoms with E-state index in [0.717, 1.165) is 70.3 Å². The first kappa shape index (κ1) is 21.8. The molecule has 0 unspecified atom stereocenters. The van der Waals surface area contributed by atoms with Gasteiger partial charge in [-0.05, 0) is 56.9 Å². The molecule has 0 aliphatic carbocycles. The molecule has 4 heteroatoms. The summed E-state index contributed by atoms with van der Waals surface area (Å²) in [7, 11) is 0. The molecule has 0 aliphatic heterocycles. The van der Waals surface area contributed by atoms with Crippen molar-refractivity contribution in [2.75, 3.05) is 0 Å². The minimum absolute atomic E-state index is 0.740. The first-order chi connectivity index (χ1) is 18.7. The van der Waals surface area contributed by atoms with E-state index >= 15 is 0 Å². The molecular weight excluding hydrogens is 507 g/mol. The largest absolute Gasteiger partial charge is 0.236 e. The van der Waals surface area contributed by atoms with Crippen molar-refractivity contribution >= 4 is 77.3 Å². The molecule has 0 atom stereocenters. The van der Waals surface area contributed by atoms with Gasteiger partial charge in [0, 0.05) is 42.7 Å². The van der Waals surface area contributed by atoms with Crippen molar-refractivity contribution in [3.63, 3.8) is 0 Å². The lowest BCUT2D eigenvalue weighted by Crippen LogP contribution is -1.94. The fraction of sp³-hybridized carbons (Fsp3) is 0. The standard InChI is InChI=1S/C34H18Cl2N2/c35-29-10-3-1-6-21(29)19-12-14-25-27(16-19)23-8-5-9-24-28-17-20(22-7-2-4-11-30(22)36)13-15-26(28)34-32(31(23)24)33(25)37-18-38-34/h1-18H. The summed E-state index contributed by atoms with van der Waals surface area (Å²) in [5, 5.41) is 10.7. The summed E-state index contributed by atoms with van der Waals surface area (Å²) in [6.07, 6.45) is 1.69. The average molecular weight is 525 g/mol. The van der Waals surface area contributed by atoms with E-state index < -0.39 is 0 Å². The highest BCUT2D eigenvalue weighted by Gasteiger charge is 2.19. The van der Waals surface area contributed by atoms with Gasteiger partial charge in [-0.15, -0.1) is 0 Å². The summed E-state index contributed by atoms with van der Waals surface area (Å²) < 4.78 is 0. The summed E-state index contributed by atoms with van der Waals surface area (Å²) in [5.41, 5.74) is 6.15. The average Bonchev–Trinajstić information content (AvgIpc) is 2.96. The van der Waals surface area contributed by atoms with E-state index in [1.807, 2.05) is 36.4 Å². The van der Waals surface area contributed by atoms with Crippen LogP contribution in [0.3, 0.4) is 0 Å². The second kappa shape index (κ2) is 8.13. The number of aromatic nitrogens is 2. The Bertz CT molecular complexity index is 2070. The van der Waals surface area contributed by atoms with Gasteiger partial charge in [0.1, 0.15) is 6.33 Å². The summed E-state index contributed by atoms with van der Waals surface area (Å²) in [6.45, 7) is 0. The molecule has 0 saturated carbocycles. The molecule has 8 aromatic rings. The van der Waals surface area contributed by atoms with Gasteiger partial charge in [-0.1, -0.05) is 102 Å². The minimum Gasteiger partial charge on any atom is -0.236 e. The van der Waals surface area contributed by atoms with Crippen molar-refractivity contribution in [2.24, 2.45) is 0 Å². The second-order valence-corrected chi connectivity index (χ2v) is 10.5. The van der Waals surface area contributed by atoms with E-state index in [1.165, 1.54) is 16.2 Å². The van der Waals surface area contributed by atoms with Gasteiger partial charge in [0.15, 0.2) is 0 Å². The lowest BCUT2D eigenvalue weighted by Gasteiger charge is -2.17. The van der Waals surface area contributed by atoms with Crippen LogP contribution in [0.25, 0.3) is 76.4 Å². The van der Waals surface area contributed by atoms with Gasteiger partial charge in [0.25, 0.3) is 0 Å². The SMILES string of the molecule is Clc1ccccc1-c1ccc2c(c1)c1cccc3c4cc(-c5ccccc5Cl)ccc4c4ncnc2c4c13. The van der Waals surface area contributed by atoms with Crippen LogP contribution in [0.5, 0.6) is 0 Å². The summed E-state index contributed by atoms with van der Waals surface area (Å²) in [6, 6.07) is 35.6. The number of halogens is 2. The Morgan fingerprint density at radius 1 is 0.421 bits per heavy atom. The molecule has 2 nitrogen and oxygen atoms in total. The van der Waals surface area contributed by atoms with Gasteiger partial charge in [-0.2, -0.15) is 0 Å². The molecule has 1 aromatic heterocycles. The predicted octanol–water partition coefficient (Wildman–Crippen LogP) is 10.3. The maximum absolute atomic E-state index is 6.58. The van der Waals surface area contributed by atoms with E-state index in [0.29, 0.717) is 0 Å². The number of nitrogens with zero attached hydrogens (tertiary/aromatic N) is 2. The third kappa shape index (κ3) is 3.02. The fourth-order valence-corrected chi connectivity index (χ4v) is 6.46. The summed E-state index contributed by atoms with van der Waals surface area (Å²) in [5.74, 6) is 0. The number of fused-ring (bicyclic) bond motifs is 6. The molecule has 0 bridgehead atoms. The number of rotatable bonds is 2. The van der Waals surface area contributed by atoms with E-state index in [-0.39, 0.29) is 0 Å². The first-order valence-corrected chi connectivity index (χ1v) is 13.2. The zero-order valence-electron chi connectivity index (χ0n) is 20.0. The highest BCUT2D eigenvalue weighted by atomic mass is 35.5. The van der Waals surface area contributed by atoms with Crippen molar-refractivity contribution in [3.8, 4) is 22.3 Å². The highest BCUT2D eigenvalue weighted by molar-refractivity contribution is 6.39. The van der Waals surface area contributed by atoms with Gasteiger partial charge in [-0.25, -0.2) is 9.97 Å². The minimum atomic E-state index is 0.740. The van der Waals surface area contributed by atoms with E-state index in [4.69, 9.17) is 33.2 Å². The Morgan fingerprint density at radius 2 is 0.921 bits per heavy atom. The molecule has 38 heavy (non-hydrogen) atoms. The maximum Gasteiger partial charge on any atom is 0.116 e. The number of hydrogen-bond acceptors (Lipinski definition) is 2. The molecule has 1 heterocycles. The van der Waals surface area contributed by atoms with E-state index in [1.54, 1.807) is 6.33 Å². The summed E-state index contributed by atoms with van der Waals surface area (Å²) >= 11 is 13.2. The van der Waals surface area contributed by atoms with Crippen LogP contribution in [0, 0.1) is 0 Å². The number of benzene rings is 7. The highest BCUT2D eigenvalue weighted by Crippen LogP contribution is 2.45. The van der Waals surface area contributed by atoms with Crippen LogP contribution in [0.1, 0.15) is 0 Å². The van der Waals surface area contributed by atoms with Gasteiger partial charge >= 0.3 is 0 Å². The Kier molecular flexibility index (Phi) is 4.66. The van der Waals surface area contributed by atoms with Gasteiger partial charge in [0.05, 0.1) is 11.0 Å². The van der Waals surface area contributed by atoms with Crippen LogP contribution in [0.2, 0.25) is 10.0 Å². The van der Waals surface area contributed by atoms with Crippen LogP contribution >= 0.6 is 23.2 Å². The van der Waals surface area contributed by atoms with Crippen LogP contribution in [0.4, 0.5) is 0 Å². The third-order valence-electron chi connectivity index (χ3n) is 7.66. The molecule has 0 saturated heterocycles. The topological polar surface area (TPSA) is 25.8 Å². The zero-order chi connectivity index (χ0) is 25.4. The predicted molar refractivity (Wildman–Crippen MR) is 162 cm³/mol. The normalized spacial score (nSPS) is 11.9. The molecule has 0 radical (unpaired) electrons. The van der Waals surface area contributed by atoms with Crippen molar-refractivity contribution in [3.05, 3.63) is 120 Å². The second-order valence-electron chi connectivity index (χ2n) is 9.65. The molecule has 0 aliphatic rings. The Hall–Kier alpha value is -4.24. The third-order valence-corrected chi connectivity index (χ3v) is 8.32. The van der Waals surface area contributed by atoms with Crippen molar-refractivity contribution in [2.45, 2.75) is 0 Å². The quantitative estimate of drug-likeness (QED) is 0.166. The van der Waals surface area contributed by atoms with Crippen molar-refractivity contribution < 1.29 is 0 Å². The van der Waals surface area contributed by atoms with E-state index in [2.05, 4.69) is 66.7 Å². The van der Waals surface area contributed by atoms with Crippen molar-refractivity contribution in [1.82, 2.24) is 9.97 Å². The monoisotopic (exact) mass is 524 g/mol. The number of hydrogen-bond donors (Lipinski definition) is 0. The van der Waals surface area contributed by atoms with Crippen molar-refractivity contribution in [1.29, 1.82) is 0 Å². The van der Waals surface area contributed by atoms with Crippen LogP contribution in [0.15, 0.2) is 109 Å². The van der Waals surface area contributed by atoms with E-state index in [9.17, 15) is 0 Å². The van der Waals surface area contributed by atoms with Crippen LogP contribution < -0.4 is 0 Å². The Labute approximate surface area is 228 Å². The van der Waals surface area contributed by atoms with Gasteiger partial charge in [-0.3, -0.25) is 0 Å². The molecule has 0 amide bonds. The van der Waals surface area contributed by atoms with Crippen LogP contribution in [-0.4, -0.2) is 9.97 Å². The van der Waals surface area contributed by atoms with Crippen LogP contribution in [-0.2, 0) is 0 Å². The zero-order valence-corrected chi connectivity index (χ0v) is 21.6. The van der Waals surface area contributed by atoms with Gasteiger partial charge in [0.2, 0.25) is 0 Å².